The van der Waals surface area contributed by atoms with Crippen LogP contribution in [0.15, 0.2) is 10.8 Å². The van der Waals surface area contributed by atoms with Crippen molar-refractivity contribution >= 4 is 22.7 Å². The predicted octanol–water partition coefficient (Wildman–Crippen LogP) is 2.10. The quantitative estimate of drug-likeness (QED) is 0.891. The van der Waals surface area contributed by atoms with Crippen molar-refractivity contribution < 1.29 is 9.47 Å². The van der Waals surface area contributed by atoms with E-state index in [9.17, 15) is 0 Å². The van der Waals surface area contributed by atoms with Crippen LogP contribution >= 0.6 is 22.7 Å². The summed E-state index contributed by atoms with van der Waals surface area (Å²) in [7, 11) is 0. The summed E-state index contributed by atoms with van der Waals surface area (Å²) in [4.78, 5) is 5.48. The van der Waals surface area contributed by atoms with E-state index in [4.69, 9.17) is 15.2 Å². The lowest BCUT2D eigenvalue weighted by Crippen LogP contribution is -2.14. The Hall–Kier alpha value is -1.11. The zero-order valence-electron chi connectivity index (χ0n) is 8.43. The molecule has 6 heteroatoms. The summed E-state index contributed by atoms with van der Waals surface area (Å²) in [6.45, 7) is 1.70. The number of nitrogens with zero attached hydrogens (tertiary/aromatic N) is 1. The minimum atomic E-state index is 0.482. The number of fused-ring (bicyclic) bond motifs is 1. The highest BCUT2D eigenvalue weighted by Crippen LogP contribution is 2.45. The SMILES string of the molecule is NCc1nc(-c2scc3c2OCCO3)cs1. The van der Waals surface area contributed by atoms with E-state index >= 15 is 0 Å². The molecule has 0 fully saturated rings. The van der Waals surface area contributed by atoms with E-state index in [0.717, 1.165) is 27.1 Å². The highest BCUT2D eigenvalue weighted by Gasteiger charge is 2.21. The molecule has 0 amide bonds. The lowest BCUT2D eigenvalue weighted by Gasteiger charge is -2.15. The monoisotopic (exact) mass is 254 g/mol. The molecule has 0 radical (unpaired) electrons. The Morgan fingerprint density at radius 3 is 2.94 bits per heavy atom. The average molecular weight is 254 g/mol. The van der Waals surface area contributed by atoms with Gasteiger partial charge >= 0.3 is 0 Å². The van der Waals surface area contributed by atoms with Crippen LogP contribution in [0.3, 0.4) is 0 Å². The second-order valence-corrected chi connectivity index (χ2v) is 5.11. The Bertz CT molecular complexity index is 507. The minimum absolute atomic E-state index is 0.482. The van der Waals surface area contributed by atoms with Gasteiger partial charge in [-0.05, 0) is 0 Å². The standard InChI is InChI=1S/C10H10N2O2S2/c11-3-8-12-6(4-15-8)10-9-7(5-16-10)13-1-2-14-9/h4-5H,1-3,11H2. The van der Waals surface area contributed by atoms with Gasteiger partial charge in [-0.1, -0.05) is 0 Å². The second-order valence-electron chi connectivity index (χ2n) is 3.29. The first-order valence-corrected chi connectivity index (χ1v) is 6.66. The Kier molecular flexibility index (Phi) is 2.55. The number of nitrogens with two attached hydrogens (primary N) is 1. The van der Waals surface area contributed by atoms with E-state index in [0.29, 0.717) is 19.8 Å². The third kappa shape index (κ3) is 1.59. The van der Waals surface area contributed by atoms with Crippen LogP contribution in [-0.2, 0) is 6.54 Å². The zero-order chi connectivity index (χ0) is 11.0. The third-order valence-electron chi connectivity index (χ3n) is 2.26. The first-order chi connectivity index (χ1) is 7.88. The van der Waals surface area contributed by atoms with Crippen LogP contribution in [0.5, 0.6) is 11.5 Å². The molecule has 0 aromatic carbocycles. The number of hydrogen-bond acceptors (Lipinski definition) is 6. The van der Waals surface area contributed by atoms with Crippen molar-refractivity contribution in [2.45, 2.75) is 6.54 Å². The van der Waals surface area contributed by atoms with Crippen LogP contribution in [-0.4, -0.2) is 18.2 Å². The topological polar surface area (TPSA) is 57.4 Å². The molecule has 2 aromatic rings. The molecule has 1 aliphatic heterocycles. The maximum Gasteiger partial charge on any atom is 0.181 e. The number of ether oxygens (including phenoxy) is 2. The molecule has 0 unspecified atom stereocenters. The molecule has 0 atom stereocenters. The molecule has 84 valence electrons. The average Bonchev–Trinajstić information content (AvgIpc) is 2.94. The maximum absolute atomic E-state index is 5.61. The lowest BCUT2D eigenvalue weighted by molar-refractivity contribution is 0.174. The first kappa shape index (κ1) is 10.1. The summed E-state index contributed by atoms with van der Waals surface area (Å²) in [6.07, 6.45) is 0. The van der Waals surface area contributed by atoms with Gasteiger partial charge in [0.05, 0.1) is 10.6 Å². The van der Waals surface area contributed by atoms with Gasteiger partial charge in [-0.2, -0.15) is 0 Å². The Labute approximate surface area is 101 Å². The van der Waals surface area contributed by atoms with E-state index in [2.05, 4.69) is 4.98 Å². The van der Waals surface area contributed by atoms with Crippen molar-refractivity contribution in [1.82, 2.24) is 4.98 Å². The summed E-state index contributed by atoms with van der Waals surface area (Å²) >= 11 is 3.17. The van der Waals surface area contributed by atoms with E-state index in [-0.39, 0.29) is 0 Å². The molecule has 0 bridgehead atoms. The minimum Gasteiger partial charge on any atom is -0.485 e. The second kappa shape index (κ2) is 4.04. The van der Waals surface area contributed by atoms with Crippen LogP contribution in [0.25, 0.3) is 10.6 Å². The fraction of sp³-hybridized carbons (Fsp3) is 0.300. The van der Waals surface area contributed by atoms with E-state index in [1.165, 1.54) is 0 Å². The molecule has 3 heterocycles. The Morgan fingerprint density at radius 1 is 1.25 bits per heavy atom. The summed E-state index contributed by atoms with van der Waals surface area (Å²) in [5.74, 6) is 1.65. The lowest BCUT2D eigenvalue weighted by atomic mass is 10.3. The summed E-state index contributed by atoms with van der Waals surface area (Å²) in [5, 5.41) is 4.91. The van der Waals surface area contributed by atoms with Crippen molar-refractivity contribution in [1.29, 1.82) is 0 Å². The number of rotatable bonds is 2. The largest absolute Gasteiger partial charge is 0.485 e. The molecule has 0 saturated heterocycles. The summed E-state index contributed by atoms with van der Waals surface area (Å²) in [5.41, 5.74) is 6.48. The van der Waals surface area contributed by atoms with Gasteiger partial charge in [-0.25, -0.2) is 4.98 Å². The fourth-order valence-electron chi connectivity index (χ4n) is 1.55. The third-order valence-corrected chi connectivity index (χ3v) is 4.09. The molecule has 2 N–H and O–H groups in total. The molecule has 4 nitrogen and oxygen atoms in total. The van der Waals surface area contributed by atoms with Crippen LogP contribution < -0.4 is 15.2 Å². The van der Waals surface area contributed by atoms with Gasteiger partial charge in [0, 0.05) is 17.3 Å². The van der Waals surface area contributed by atoms with Crippen molar-refractivity contribution in [3.05, 3.63) is 15.8 Å². The molecule has 0 spiro atoms. The van der Waals surface area contributed by atoms with Crippen molar-refractivity contribution in [2.75, 3.05) is 13.2 Å². The number of hydrogen-bond donors (Lipinski definition) is 1. The molecular weight excluding hydrogens is 244 g/mol. The van der Waals surface area contributed by atoms with E-state index in [1.54, 1.807) is 22.7 Å². The van der Waals surface area contributed by atoms with Crippen molar-refractivity contribution in [3.8, 4) is 22.1 Å². The smallest absolute Gasteiger partial charge is 0.181 e. The van der Waals surface area contributed by atoms with Crippen LogP contribution in [0.2, 0.25) is 0 Å². The number of aromatic nitrogens is 1. The van der Waals surface area contributed by atoms with Gasteiger partial charge in [0.2, 0.25) is 0 Å². The first-order valence-electron chi connectivity index (χ1n) is 4.90. The van der Waals surface area contributed by atoms with Crippen molar-refractivity contribution in [2.24, 2.45) is 5.73 Å². The molecule has 2 aromatic heterocycles. The predicted molar refractivity (Wildman–Crippen MR) is 64.3 cm³/mol. The Balaban J connectivity index is 2.02. The van der Waals surface area contributed by atoms with Gasteiger partial charge < -0.3 is 15.2 Å². The highest BCUT2D eigenvalue weighted by molar-refractivity contribution is 7.15. The zero-order valence-corrected chi connectivity index (χ0v) is 10.1. The van der Waals surface area contributed by atoms with E-state index in [1.807, 2.05) is 10.8 Å². The number of thiazole rings is 1. The van der Waals surface area contributed by atoms with Gasteiger partial charge in [-0.15, -0.1) is 22.7 Å². The molecule has 3 rings (SSSR count). The van der Waals surface area contributed by atoms with Crippen LogP contribution in [0.4, 0.5) is 0 Å². The molecule has 0 saturated carbocycles. The summed E-state index contributed by atoms with van der Waals surface area (Å²) < 4.78 is 11.1. The normalized spacial score (nSPS) is 14.1. The molecule has 16 heavy (non-hydrogen) atoms. The van der Waals surface area contributed by atoms with Crippen molar-refractivity contribution in [3.63, 3.8) is 0 Å². The van der Waals surface area contributed by atoms with Gasteiger partial charge in [0.25, 0.3) is 0 Å². The van der Waals surface area contributed by atoms with Gasteiger partial charge in [-0.3, -0.25) is 0 Å². The molecule has 0 aliphatic carbocycles. The van der Waals surface area contributed by atoms with Crippen LogP contribution in [0.1, 0.15) is 5.01 Å². The Morgan fingerprint density at radius 2 is 2.12 bits per heavy atom. The number of thiophene rings is 1. The van der Waals surface area contributed by atoms with E-state index < -0.39 is 0 Å². The van der Waals surface area contributed by atoms with Gasteiger partial charge in [0.1, 0.15) is 18.2 Å². The maximum atomic E-state index is 5.61. The fourth-order valence-corrected chi connectivity index (χ4v) is 3.18. The van der Waals surface area contributed by atoms with Crippen LogP contribution in [0, 0.1) is 0 Å². The molecular formula is C10H10N2O2S2. The van der Waals surface area contributed by atoms with Gasteiger partial charge in [0.15, 0.2) is 11.5 Å². The summed E-state index contributed by atoms with van der Waals surface area (Å²) in [6, 6.07) is 0. The highest BCUT2D eigenvalue weighted by atomic mass is 32.1. The molecule has 1 aliphatic rings.